The van der Waals surface area contributed by atoms with E-state index in [0.717, 1.165) is 12.8 Å². The SMILES string of the molecule is CN1C2CCC1CC(O)C2.O=[N+]([O-])c1cc([N+](=O)[O-])c(O)c([N+](=O)[O-])c1. The zero-order chi connectivity index (χ0) is 19.6. The van der Waals surface area contributed by atoms with E-state index in [1.54, 1.807) is 0 Å². The van der Waals surface area contributed by atoms with Crippen LogP contribution in [-0.2, 0) is 0 Å². The molecule has 2 aliphatic rings. The van der Waals surface area contributed by atoms with Crippen molar-refractivity contribution in [2.45, 2.75) is 43.9 Å². The predicted octanol–water partition coefficient (Wildman–Crippen LogP) is 1.72. The van der Waals surface area contributed by atoms with E-state index in [1.807, 2.05) is 0 Å². The highest BCUT2D eigenvalue weighted by Crippen LogP contribution is 2.39. The summed E-state index contributed by atoms with van der Waals surface area (Å²) in [7, 11) is 2.19. The maximum Gasteiger partial charge on any atom is 0.324 e. The number of nitro benzene ring substituents is 3. The van der Waals surface area contributed by atoms with Crippen LogP contribution in [0.25, 0.3) is 0 Å². The summed E-state index contributed by atoms with van der Waals surface area (Å²) in [6.45, 7) is 0. The number of nitrogens with zero attached hydrogens (tertiary/aromatic N) is 4. The summed E-state index contributed by atoms with van der Waals surface area (Å²) < 4.78 is 0. The van der Waals surface area contributed by atoms with E-state index < -0.39 is 37.6 Å². The summed E-state index contributed by atoms with van der Waals surface area (Å²) in [5.41, 5.74) is -3.00. The molecule has 1 aromatic carbocycles. The Bertz CT molecular complexity index is 691. The molecule has 0 radical (unpaired) electrons. The second-order valence-corrected chi connectivity index (χ2v) is 6.28. The topological polar surface area (TPSA) is 173 Å². The molecule has 2 N–H and O–H groups in total. The highest BCUT2D eigenvalue weighted by Gasteiger charge is 2.37. The molecule has 0 spiro atoms. The van der Waals surface area contributed by atoms with Crippen LogP contribution in [0.4, 0.5) is 17.1 Å². The highest BCUT2D eigenvalue weighted by molar-refractivity contribution is 5.64. The number of phenolic OH excluding ortho intramolecular Hbond substituents is 1. The smallest absolute Gasteiger partial charge is 0.324 e. The maximum atomic E-state index is 10.4. The Labute approximate surface area is 147 Å². The van der Waals surface area contributed by atoms with Gasteiger partial charge in [0, 0.05) is 12.1 Å². The third-order valence-corrected chi connectivity index (χ3v) is 4.73. The van der Waals surface area contributed by atoms with Gasteiger partial charge in [-0.05, 0) is 32.7 Å². The Morgan fingerprint density at radius 2 is 1.38 bits per heavy atom. The molecule has 0 aromatic heterocycles. The highest BCUT2D eigenvalue weighted by atomic mass is 16.6. The fourth-order valence-corrected chi connectivity index (χ4v) is 3.36. The zero-order valence-corrected chi connectivity index (χ0v) is 13.8. The lowest BCUT2D eigenvalue weighted by atomic mass is 10.0. The number of fused-ring (bicyclic) bond motifs is 2. The van der Waals surface area contributed by atoms with Crippen molar-refractivity contribution in [2.75, 3.05) is 7.05 Å². The molecule has 2 atom stereocenters. The first-order chi connectivity index (χ1) is 12.1. The van der Waals surface area contributed by atoms with Crippen LogP contribution in [0.1, 0.15) is 25.7 Å². The summed E-state index contributed by atoms with van der Waals surface area (Å²) in [4.78, 5) is 30.2. The summed E-state index contributed by atoms with van der Waals surface area (Å²) in [6, 6.07) is 2.27. The molecule has 3 rings (SSSR count). The van der Waals surface area contributed by atoms with Crippen molar-refractivity contribution in [1.29, 1.82) is 0 Å². The Morgan fingerprint density at radius 1 is 0.962 bits per heavy atom. The summed E-state index contributed by atoms with van der Waals surface area (Å²) in [5.74, 6) is -1.21. The molecule has 0 saturated carbocycles. The van der Waals surface area contributed by atoms with Crippen LogP contribution < -0.4 is 0 Å². The first-order valence-electron chi connectivity index (χ1n) is 7.82. The first kappa shape index (κ1) is 19.5. The number of benzene rings is 1. The first-order valence-corrected chi connectivity index (χ1v) is 7.82. The number of rotatable bonds is 3. The summed E-state index contributed by atoms with van der Waals surface area (Å²) in [6.07, 6.45) is 4.62. The fraction of sp³-hybridized carbons (Fsp3) is 0.571. The number of piperidine rings is 1. The van der Waals surface area contributed by atoms with Gasteiger partial charge in [0.15, 0.2) is 0 Å². The van der Waals surface area contributed by atoms with Crippen molar-refractivity contribution >= 4 is 17.1 Å². The van der Waals surface area contributed by atoms with E-state index >= 15 is 0 Å². The molecule has 12 nitrogen and oxygen atoms in total. The second kappa shape index (κ2) is 7.58. The number of aliphatic hydroxyl groups is 1. The molecule has 26 heavy (non-hydrogen) atoms. The van der Waals surface area contributed by atoms with Crippen LogP contribution in [-0.4, -0.2) is 55.1 Å². The van der Waals surface area contributed by atoms with Gasteiger partial charge in [-0.3, -0.25) is 30.3 Å². The van der Waals surface area contributed by atoms with E-state index in [2.05, 4.69) is 11.9 Å². The minimum atomic E-state index is -1.21. The largest absolute Gasteiger partial charge is 0.497 e. The van der Waals surface area contributed by atoms with Gasteiger partial charge in [0.25, 0.3) is 11.4 Å². The van der Waals surface area contributed by atoms with Crippen LogP contribution in [0.5, 0.6) is 5.75 Å². The number of nitro groups is 3. The van der Waals surface area contributed by atoms with Crippen molar-refractivity contribution in [2.24, 2.45) is 0 Å². The average Bonchev–Trinajstić information content (AvgIpc) is 2.77. The maximum absolute atomic E-state index is 10.4. The molecule has 142 valence electrons. The molecule has 2 heterocycles. The van der Waals surface area contributed by atoms with Crippen molar-refractivity contribution in [3.63, 3.8) is 0 Å². The Kier molecular flexibility index (Phi) is 5.67. The molecule has 2 bridgehead atoms. The number of hydrogen-bond donors (Lipinski definition) is 2. The van der Waals surface area contributed by atoms with Gasteiger partial charge < -0.3 is 15.1 Å². The third kappa shape index (κ3) is 4.03. The minimum Gasteiger partial charge on any atom is -0.497 e. The molecular formula is C14H18N4O8. The van der Waals surface area contributed by atoms with Crippen molar-refractivity contribution in [3.8, 4) is 5.75 Å². The average molecular weight is 370 g/mol. The van der Waals surface area contributed by atoms with Gasteiger partial charge in [-0.15, -0.1) is 0 Å². The van der Waals surface area contributed by atoms with Crippen molar-refractivity contribution in [1.82, 2.24) is 4.90 Å². The lowest BCUT2D eigenvalue weighted by Gasteiger charge is -2.33. The van der Waals surface area contributed by atoms with Crippen molar-refractivity contribution in [3.05, 3.63) is 42.5 Å². The Morgan fingerprint density at radius 3 is 1.73 bits per heavy atom. The van der Waals surface area contributed by atoms with Gasteiger partial charge in [0.05, 0.1) is 33.0 Å². The van der Waals surface area contributed by atoms with Gasteiger partial charge in [0.2, 0.25) is 0 Å². The lowest BCUT2D eigenvalue weighted by Crippen LogP contribution is -2.41. The molecular weight excluding hydrogens is 352 g/mol. The normalized spacial score (nSPS) is 24.5. The number of aromatic hydroxyl groups is 1. The van der Waals surface area contributed by atoms with Gasteiger partial charge in [-0.25, -0.2) is 0 Å². The monoisotopic (exact) mass is 370 g/mol. The molecule has 2 unspecified atom stereocenters. The molecule has 2 aliphatic heterocycles. The zero-order valence-electron chi connectivity index (χ0n) is 13.8. The van der Waals surface area contributed by atoms with Gasteiger partial charge in [-0.1, -0.05) is 0 Å². The van der Waals surface area contributed by atoms with E-state index in [4.69, 9.17) is 5.11 Å². The molecule has 12 heteroatoms. The van der Waals surface area contributed by atoms with Gasteiger partial charge in [0.1, 0.15) is 0 Å². The van der Waals surface area contributed by atoms with Crippen LogP contribution in [0.2, 0.25) is 0 Å². The summed E-state index contributed by atoms with van der Waals surface area (Å²) in [5, 5.41) is 49.6. The van der Waals surface area contributed by atoms with Crippen LogP contribution in [0.15, 0.2) is 12.1 Å². The van der Waals surface area contributed by atoms with E-state index in [-0.39, 0.29) is 6.10 Å². The number of aliphatic hydroxyl groups excluding tert-OH is 1. The van der Waals surface area contributed by atoms with E-state index in [1.165, 1.54) is 12.8 Å². The van der Waals surface area contributed by atoms with Crippen LogP contribution in [0.3, 0.4) is 0 Å². The standard InChI is InChI=1S/C8H15NO.C6H3N3O7/c1-9-6-2-3-7(9)5-8(10)4-6;10-6-4(8(13)14)1-3(7(11)12)2-5(6)9(15)16/h6-8,10H,2-5H2,1H3;1-2,10H. The number of phenols is 1. The fourth-order valence-electron chi connectivity index (χ4n) is 3.36. The minimum absolute atomic E-state index is 0.00583. The van der Waals surface area contributed by atoms with Gasteiger partial charge >= 0.3 is 11.4 Å². The molecule has 2 saturated heterocycles. The lowest BCUT2D eigenvalue weighted by molar-refractivity contribution is -0.404. The Hall–Kier alpha value is -2.86. The van der Waals surface area contributed by atoms with Gasteiger partial charge in [-0.2, -0.15) is 0 Å². The van der Waals surface area contributed by atoms with E-state index in [0.29, 0.717) is 24.2 Å². The molecule has 0 amide bonds. The molecule has 1 aromatic rings. The molecule has 2 fully saturated rings. The predicted molar refractivity (Wildman–Crippen MR) is 87.9 cm³/mol. The van der Waals surface area contributed by atoms with Crippen LogP contribution >= 0.6 is 0 Å². The quantitative estimate of drug-likeness (QED) is 0.593. The van der Waals surface area contributed by atoms with Crippen molar-refractivity contribution < 1.29 is 25.0 Å². The van der Waals surface area contributed by atoms with E-state index in [9.17, 15) is 35.4 Å². The van der Waals surface area contributed by atoms with Crippen LogP contribution in [0, 0.1) is 30.3 Å². The summed E-state index contributed by atoms with van der Waals surface area (Å²) >= 11 is 0. The second-order valence-electron chi connectivity index (χ2n) is 6.28. The number of non-ortho nitro benzene ring substituents is 1. The molecule has 0 aliphatic carbocycles. The number of hydrogen-bond acceptors (Lipinski definition) is 9. The Balaban J connectivity index is 0.000000206. The third-order valence-electron chi connectivity index (χ3n) is 4.73.